The molecule has 10 heteroatoms. The molecule has 0 atom stereocenters. The van der Waals surface area contributed by atoms with Crippen LogP contribution in [0.5, 0.6) is 11.5 Å². The third-order valence-electron chi connectivity index (χ3n) is 5.43. The van der Waals surface area contributed by atoms with Crippen LogP contribution in [0.25, 0.3) is 6.08 Å². The number of carboxylic acid groups (broad SMARTS) is 1. The number of carbonyl (C=O) groups excluding carboxylic acids is 1. The minimum atomic E-state index is -1.04. The number of carbonyl (C=O) groups is 2. The number of hydrogen-bond donors (Lipinski definition) is 1. The lowest BCUT2D eigenvalue weighted by Crippen LogP contribution is -2.28. The van der Waals surface area contributed by atoms with Gasteiger partial charge in [-0.05, 0) is 66.7 Å². The SMILES string of the molecule is CCN1C(=O)/C(=C/c2cc(OC)c(OCc3ccccc3Cl)cc2Br)SC1=Nc1cccc(C(=O)O)c1. The van der Waals surface area contributed by atoms with E-state index in [0.29, 0.717) is 43.3 Å². The molecule has 0 bridgehead atoms. The van der Waals surface area contributed by atoms with Gasteiger partial charge in [0.1, 0.15) is 6.61 Å². The molecule has 4 rings (SSSR count). The molecule has 0 aromatic heterocycles. The molecule has 1 fully saturated rings. The van der Waals surface area contributed by atoms with Crippen LogP contribution < -0.4 is 9.47 Å². The van der Waals surface area contributed by atoms with Gasteiger partial charge in [0.15, 0.2) is 16.7 Å². The lowest BCUT2D eigenvalue weighted by molar-refractivity contribution is -0.122. The zero-order chi connectivity index (χ0) is 26.5. The van der Waals surface area contributed by atoms with Gasteiger partial charge >= 0.3 is 5.97 Å². The fourth-order valence-corrected chi connectivity index (χ4v) is 5.22. The van der Waals surface area contributed by atoms with Crippen LogP contribution in [0, 0.1) is 0 Å². The molecule has 1 heterocycles. The topological polar surface area (TPSA) is 88.4 Å². The number of carboxylic acids is 1. The Bertz CT molecular complexity index is 1430. The first-order valence-electron chi connectivity index (χ1n) is 11.2. The highest BCUT2D eigenvalue weighted by Gasteiger charge is 2.32. The second-order valence-electron chi connectivity index (χ2n) is 7.81. The molecule has 1 aliphatic rings. The Hall–Kier alpha value is -3.27. The number of methoxy groups -OCH3 is 1. The third kappa shape index (κ3) is 6.18. The Morgan fingerprint density at radius 2 is 1.95 bits per heavy atom. The van der Waals surface area contributed by atoms with Gasteiger partial charge in [0, 0.05) is 21.6 Å². The maximum absolute atomic E-state index is 13.1. The van der Waals surface area contributed by atoms with Gasteiger partial charge < -0.3 is 14.6 Å². The van der Waals surface area contributed by atoms with Crippen LogP contribution in [-0.2, 0) is 11.4 Å². The number of aromatic carboxylic acids is 1. The van der Waals surface area contributed by atoms with Crippen molar-refractivity contribution < 1.29 is 24.2 Å². The van der Waals surface area contributed by atoms with Gasteiger partial charge in [-0.1, -0.05) is 51.8 Å². The number of amidine groups is 1. The van der Waals surface area contributed by atoms with Crippen LogP contribution in [0.1, 0.15) is 28.4 Å². The quantitative estimate of drug-likeness (QED) is 0.279. The first-order chi connectivity index (χ1) is 17.8. The minimum absolute atomic E-state index is 0.128. The van der Waals surface area contributed by atoms with Crippen molar-refractivity contribution in [1.29, 1.82) is 0 Å². The number of nitrogens with zero attached hydrogens (tertiary/aromatic N) is 2. The zero-order valence-corrected chi connectivity index (χ0v) is 23.1. The fourth-order valence-electron chi connectivity index (χ4n) is 3.54. The van der Waals surface area contributed by atoms with Gasteiger partial charge in [0.2, 0.25) is 0 Å². The van der Waals surface area contributed by atoms with Crippen LogP contribution in [0.2, 0.25) is 5.02 Å². The summed E-state index contributed by atoms with van der Waals surface area (Å²) in [6.07, 6.45) is 1.76. The Morgan fingerprint density at radius 3 is 2.65 bits per heavy atom. The van der Waals surface area contributed by atoms with Crippen molar-refractivity contribution in [3.05, 3.63) is 91.8 Å². The van der Waals surface area contributed by atoms with E-state index in [2.05, 4.69) is 20.9 Å². The lowest BCUT2D eigenvalue weighted by Gasteiger charge is -2.14. The van der Waals surface area contributed by atoms with Crippen LogP contribution in [-0.4, -0.2) is 40.7 Å². The van der Waals surface area contributed by atoms with E-state index >= 15 is 0 Å². The van der Waals surface area contributed by atoms with E-state index in [9.17, 15) is 14.7 Å². The van der Waals surface area contributed by atoms with Crippen molar-refractivity contribution in [3.8, 4) is 11.5 Å². The highest BCUT2D eigenvalue weighted by molar-refractivity contribution is 9.10. The van der Waals surface area contributed by atoms with E-state index in [1.165, 1.54) is 23.9 Å². The average molecular weight is 602 g/mol. The number of thioether (sulfide) groups is 1. The number of ether oxygens (including phenoxy) is 2. The predicted octanol–water partition coefficient (Wildman–Crippen LogP) is 7.01. The summed E-state index contributed by atoms with van der Waals surface area (Å²) in [5, 5.41) is 10.3. The summed E-state index contributed by atoms with van der Waals surface area (Å²) in [6.45, 7) is 2.54. The maximum Gasteiger partial charge on any atom is 0.335 e. The first kappa shape index (κ1) is 26.8. The Labute approximate surface area is 231 Å². The van der Waals surface area contributed by atoms with Gasteiger partial charge in [0.05, 0.1) is 23.3 Å². The van der Waals surface area contributed by atoms with Crippen LogP contribution in [0.15, 0.2) is 75.0 Å². The number of hydrogen-bond acceptors (Lipinski definition) is 6. The molecule has 1 N–H and O–H groups in total. The summed E-state index contributed by atoms with van der Waals surface area (Å²) in [7, 11) is 1.55. The van der Waals surface area contributed by atoms with Crippen LogP contribution in [0.4, 0.5) is 5.69 Å². The third-order valence-corrected chi connectivity index (χ3v) is 7.49. The largest absolute Gasteiger partial charge is 0.493 e. The van der Waals surface area contributed by atoms with Crippen molar-refractivity contribution in [1.82, 2.24) is 4.90 Å². The molecule has 190 valence electrons. The molecule has 0 spiro atoms. The Kier molecular flexibility index (Phi) is 8.58. The summed E-state index contributed by atoms with van der Waals surface area (Å²) in [5.41, 5.74) is 2.16. The molecule has 37 heavy (non-hydrogen) atoms. The highest BCUT2D eigenvalue weighted by Crippen LogP contribution is 2.39. The van der Waals surface area contributed by atoms with Crippen molar-refractivity contribution in [3.63, 3.8) is 0 Å². The van der Waals surface area contributed by atoms with Crippen molar-refractivity contribution in [2.45, 2.75) is 13.5 Å². The summed E-state index contributed by atoms with van der Waals surface area (Å²) < 4.78 is 12.2. The van der Waals surface area contributed by atoms with Crippen LogP contribution in [0.3, 0.4) is 0 Å². The molecule has 1 saturated heterocycles. The summed E-state index contributed by atoms with van der Waals surface area (Å²) >= 11 is 11.0. The number of aliphatic imine (C=N–C) groups is 1. The Morgan fingerprint density at radius 1 is 1.16 bits per heavy atom. The molecule has 3 aromatic carbocycles. The Balaban J connectivity index is 1.61. The molecule has 3 aromatic rings. The second-order valence-corrected chi connectivity index (χ2v) is 10.1. The molecule has 0 saturated carbocycles. The number of benzene rings is 3. The van der Waals surface area contributed by atoms with Crippen molar-refractivity contribution in [2.24, 2.45) is 4.99 Å². The van der Waals surface area contributed by atoms with Gasteiger partial charge in [-0.2, -0.15) is 0 Å². The van der Waals surface area contributed by atoms with E-state index in [1.807, 2.05) is 25.1 Å². The predicted molar refractivity (Wildman–Crippen MR) is 150 cm³/mol. The molecule has 7 nitrogen and oxygen atoms in total. The van der Waals surface area contributed by atoms with Crippen molar-refractivity contribution in [2.75, 3.05) is 13.7 Å². The highest BCUT2D eigenvalue weighted by atomic mass is 79.9. The summed E-state index contributed by atoms with van der Waals surface area (Å²) in [4.78, 5) is 31.0. The van der Waals surface area contributed by atoms with E-state index in [4.69, 9.17) is 21.1 Å². The van der Waals surface area contributed by atoms with E-state index in [-0.39, 0.29) is 18.1 Å². The number of rotatable bonds is 8. The normalized spacial score (nSPS) is 15.5. The van der Waals surface area contributed by atoms with Crippen molar-refractivity contribution >= 4 is 68.1 Å². The molecular formula is C27H22BrClN2O5S. The fraction of sp³-hybridized carbons (Fsp3) is 0.148. The second kappa shape index (κ2) is 11.9. The van der Waals surface area contributed by atoms with Crippen LogP contribution >= 0.6 is 39.3 Å². The van der Waals surface area contributed by atoms with E-state index < -0.39 is 5.97 Å². The molecular weight excluding hydrogens is 580 g/mol. The number of halogens is 2. The molecule has 0 unspecified atom stereocenters. The van der Waals surface area contributed by atoms with Gasteiger partial charge in [-0.15, -0.1) is 0 Å². The minimum Gasteiger partial charge on any atom is -0.493 e. The van der Waals surface area contributed by atoms with Gasteiger partial charge in [0.25, 0.3) is 5.91 Å². The van der Waals surface area contributed by atoms with E-state index in [1.54, 1.807) is 48.4 Å². The first-order valence-corrected chi connectivity index (χ1v) is 13.2. The van der Waals surface area contributed by atoms with Gasteiger partial charge in [-0.3, -0.25) is 9.69 Å². The molecule has 1 amide bonds. The standard InChI is InChI=1S/C27H22BrClN2O5S/c1-3-31-25(32)24(37-27(31)30-19-9-6-8-16(11-19)26(33)34)13-18-12-22(35-2)23(14-20(18)28)36-15-17-7-4-5-10-21(17)29/h4-14H,3,15H2,1-2H3,(H,33,34)/b24-13-,30-27?. The number of likely N-dealkylation sites (N-methyl/N-ethyl adjacent to an activating group) is 1. The molecule has 0 radical (unpaired) electrons. The molecule has 0 aliphatic carbocycles. The monoisotopic (exact) mass is 600 g/mol. The summed E-state index contributed by atoms with van der Waals surface area (Å²) in [5.74, 6) is -0.198. The smallest absolute Gasteiger partial charge is 0.335 e. The lowest BCUT2D eigenvalue weighted by atomic mass is 10.1. The maximum atomic E-state index is 13.1. The molecule has 1 aliphatic heterocycles. The number of amides is 1. The van der Waals surface area contributed by atoms with Gasteiger partial charge in [-0.25, -0.2) is 9.79 Å². The summed E-state index contributed by atoms with van der Waals surface area (Å²) in [6, 6.07) is 17.3. The average Bonchev–Trinajstić information content (AvgIpc) is 3.18. The zero-order valence-electron chi connectivity index (χ0n) is 19.9. The van der Waals surface area contributed by atoms with E-state index in [0.717, 1.165) is 11.1 Å².